The molecule has 2 atom stereocenters. The molecule has 1 aliphatic carbocycles. The van der Waals surface area contributed by atoms with Gasteiger partial charge in [-0.1, -0.05) is 12.5 Å². The van der Waals surface area contributed by atoms with Gasteiger partial charge in [0.05, 0.1) is 0 Å². The summed E-state index contributed by atoms with van der Waals surface area (Å²) in [4.78, 5) is 2.34. The van der Waals surface area contributed by atoms with Crippen LogP contribution in [0.25, 0.3) is 0 Å². The van der Waals surface area contributed by atoms with Crippen LogP contribution < -0.4 is 5.73 Å². The Kier molecular flexibility index (Phi) is 4.36. The van der Waals surface area contributed by atoms with E-state index in [4.69, 9.17) is 5.73 Å². The van der Waals surface area contributed by atoms with Gasteiger partial charge in [-0.2, -0.15) is 0 Å². The van der Waals surface area contributed by atoms with Crippen LogP contribution in [0, 0.1) is 18.7 Å². The van der Waals surface area contributed by atoms with Gasteiger partial charge in [0.1, 0.15) is 5.82 Å². The number of benzene rings is 1. The van der Waals surface area contributed by atoms with Crippen LogP contribution in [0.4, 0.5) is 4.39 Å². The van der Waals surface area contributed by atoms with E-state index in [-0.39, 0.29) is 5.82 Å². The lowest BCUT2D eigenvalue weighted by atomic mass is 10.0. The molecule has 0 spiro atoms. The average molecular weight is 250 g/mol. The smallest absolute Gasteiger partial charge is 0.123 e. The Morgan fingerprint density at radius 3 is 2.89 bits per heavy atom. The van der Waals surface area contributed by atoms with Crippen molar-refractivity contribution in [3.63, 3.8) is 0 Å². The van der Waals surface area contributed by atoms with Crippen molar-refractivity contribution in [3.05, 3.63) is 35.1 Å². The molecule has 0 bridgehead atoms. The molecule has 3 heteroatoms. The predicted octanol–water partition coefficient (Wildman–Crippen LogP) is 2.69. The minimum Gasteiger partial charge on any atom is -0.330 e. The first-order valence-corrected chi connectivity index (χ1v) is 6.77. The van der Waals surface area contributed by atoms with Crippen LogP contribution in [0.2, 0.25) is 0 Å². The first kappa shape index (κ1) is 13.5. The average Bonchev–Trinajstić information content (AvgIpc) is 2.82. The van der Waals surface area contributed by atoms with Crippen LogP contribution in [0.3, 0.4) is 0 Å². The summed E-state index contributed by atoms with van der Waals surface area (Å²) < 4.78 is 13.3. The van der Waals surface area contributed by atoms with Gasteiger partial charge < -0.3 is 5.73 Å². The summed E-state index contributed by atoms with van der Waals surface area (Å²) in [6.07, 6.45) is 3.71. The van der Waals surface area contributed by atoms with Gasteiger partial charge in [0.15, 0.2) is 0 Å². The zero-order chi connectivity index (χ0) is 13.1. The highest BCUT2D eigenvalue weighted by Gasteiger charge is 2.29. The van der Waals surface area contributed by atoms with Crippen LogP contribution in [-0.4, -0.2) is 24.5 Å². The number of nitrogens with two attached hydrogens (primary N) is 1. The lowest BCUT2D eigenvalue weighted by Gasteiger charge is -2.29. The molecule has 0 radical (unpaired) electrons. The third-order valence-electron chi connectivity index (χ3n) is 4.22. The highest BCUT2D eigenvalue weighted by atomic mass is 19.1. The molecule has 0 aromatic heterocycles. The Balaban J connectivity index is 2.06. The van der Waals surface area contributed by atoms with Crippen LogP contribution in [-0.2, 0) is 6.54 Å². The van der Waals surface area contributed by atoms with Crippen molar-refractivity contribution < 1.29 is 4.39 Å². The molecule has 2 N–H and O–H groups in total. The maximum atomic E-state index is 13.3. The SMILES string of the molecule is Cc1ccc(F)cc1CN(C)C1CCCC1CN. The third-order valence-corrected chi connectivity index (χ3v) is 4.22. The van der Waals surface area contributed by atoms with E-state index in [1.165, 1.54) is 25.3 Å². The van der Waals surface area contributed by atoms with E-state index >= 15 is 0 Å². The first-order chi connectivity index (χ1) is 8.61. The van der Waals surface area contributed by atoms with Gasteiger partial charge in [0.25, 0.3) is 0 Å². The zero-order valence-corrected chi connectivity index (χ0v) is 11.3. The molecule has 1 saturated carbocycles. The molecule has 1 aliphatic rings. The molecule has 1 aromatic carbocycles. The maximum absolute atomic E-state index is 13.3. The standard InChI is InChI=1S/C15H23FN2/c1-11-6-7-14(16)8-13(11)10-18(2)15-5-3-4-12(15)9-17/h6-8,12,15H,3-5,9-10,17H2,1-2H3. The Morgan fingerprint density at radius 1 is 1.39 bits per heavy atom. The van der Waals surface area contributed by atoms with Crippen molar-refractivity contribution in [2.75, 3.05) is 13.6 Å². The highest BCUT2D eigenvalue weighted by molar-refractivity contribution is 5.26. The van der Waals surface area contributed by atoms with Gasteiger partial charge in [0.2, 0.25) is 0 Å². The summed E-state index contributed by atoms with van der Waals surface area (Å²) in [5, 5.41) is 0. The Hall–Kier alpha value is -0.930. The van der Waals surface area contributed by atoms with Crippen LogP contribution >= 0.6 is 0 Å². The topological polar surface area (TPSA) is 29.3 Å². The second-order valence-electron chi connectivity index (χ2n) is 5.48. The Morgan fingerprint density at radius 2 is 2.17 bits per heavy atom. The van der Waals surface area contributed by atoms with Gasteiger partial charge in [-0.05, 0) is 62.5 Å². The molecule has 2 unspecified atom stereocenters. The van der Waals surface area contributed by atoms with E-state index in [9.17, 15) is 4.39 Å². The molecule has 1 fully saturated rings. The van der Waals surface area contributed by atoms with Crippen LogP contribution in [0.15, 0.2) is 18.2 Å². The molecule has 0 aliphatic heterocycles. The Labute approximate surface area is 109 Å². The van der Waals surface area contributed by atoms with E-state index < -0.39 is 0 Å². The van der Waals surface area contributed by atoms with E-state index in [0.717, 1.165) is 24.2 Å². The van der Waals surface area contributed by atoms with Crippen molar-refractivity contribution in [2.24, 2.45) is 11.7 Å². The minimum atomic E-state index is -0.147. The molecule has 2 rings (SSSR count). The van der Waals surface area contributed by atoms with Gasteiger partial charge in [-0.3, -0.25) is 4.90 Å². The number of halogens is 1. The largest absolute Gasteiger partial charge is 0.330 e. The van der Waals surface area contributed by atoms with Crippen LogP contribution in [0.1, 0.15) is 30.4 Å². The molecule has 18 heavy (non-hydrogen) atoms. The predicted molar refractivity (Wildman–Crippen MR) is 72.8 cm³/mol. The van der Waals surface area contributed by atoms with Gasteiger partial charge in [-0.15, -0.1) is 0 Å². The fraction of sp³-hybridized carbons (Fsp3) is 0.600. The van der Waals surface area contributed by atoms with Gasteiger partial charge in [0, 0.05) is 12.6 Å². The second-order valence-corrected chi connectivity index (χ2v) is 5.48. The van der Waals surface area contributed by atoms with Crippen molar-refractivity contribution in [1.82, 2.24) is 4.90 Å². The lowest BCUT2D eigenvalue weighted by Crippen LogP contribution is -2.37. The summed E-state index contributed by atoms with van der Waals surface area (Å²) in [5.41, 5.74) is 8.06. The zero-order valence-electron chi connectivity index (χ0n) is 11.3. The van der Waals surface area contributed by atoms with Gasteiger partial charge >= 0.3 is 0 Å². The Bertz CT molecular complexity index is 405. The van der Waals surface area contributed by atoms with Crippen molar-refractivity contribution in [2.45, 2.75) is 38.8 Å². The molecular weight excluding hydrogens is 227 g/mol. The maximum Gasteiger partial charge on any atom is 0.123 e. The fourth-order valence-corrected chi connectivity index (χ4v) is 3.07. The van der Waals surface area contributed by atoms with E-state index in [0.29, 0.717) is 12.0 Å². The number of nitrogens with zero attached hydrogens (tertiary/aromatic N) is 1. The highest BCUT2D eigenvalue weighted by Crippen LogP contribution is 2.29. The molecule has 0 saturated heterocycles. The quantitative estimate of drug-likeness (QED) is 0.890. The number of aryl methyl sites for hydroxylation is 1. The minimum absolute atomic E-state index is 0.147. The summed E-state index contributed by atoms with van der Waals surface area (Å²) in [7, 11) is 2.13. The summed E-state index contributed by atoms with van der Waals surface area (Å²) in [5.74, 6) is 0.453. The lowest BCUT2D eigenvalue weighted by molar-refractivity contribution is 0.192. The van der Waals surface area contributed by atoms with Crippen LogP contribution in [0.5, 0.6) is 0 Å². The van der Waals surface area contributed by atoms with Crippen molar-refractivity contribution in [3.8, 4) is 0 Å². The van der Waals surface area contributed by atoms with Crippen molar-refractivity contribution in [1.29, 1.82) is 0 Å². The number of hydrogen-bond donors (Lipinski definition) is 1. The van der Waals surface area contributed by atoms with E-state index in [2.05, 4.69) is 11.9 Å². The molecule has 1 aromatic rings. The molecule has 100 valence electrons. The monoisotopic (exact) mass is 250 g/mol. The summed E-state index contributed by atoms with van der Waals surface area (Å²) in [6, 6.07) is 5.58. The van der Waals surface area contributed by atoms with Crippen molar-refractivity contribution >= 4 is 0 Å². The number of hydrogen-bond acceptors (Lipinski definition) is 2. The van der Waals surface area contributed by atoms with E-state index in [1.807, 2.05) is 13.0 Å². The van der Waals surface area contributed by atoms with Gasteiger partial charge in [-0.25, -0.2) is 4.39 Å². The molecular formula is C15H23FN2. The molecule has 2 nitrogen and oxygen atoms in total. The summed E-state index contributed by atoms with van der Waals surface area (Å²) >= 11 is 0. The molecule has 0 amide bonds. The number of rotatable bonds is 4. The molecule has 0 heterocycles. The third kappa shape index (κ3) is 2.90. The normalized spacial score (nSPS) is 23.8. The second kappa shape index (κ2) is 5.81. The fourth-order valence-electron chi connectivity index (χ4n) is 3.07. The summed E-state index contributed by atoms with van der Waals surface area (Å²) in [6.45, 7) is 3.61. The van der Waals surface area contributed by atoms with E-state index in [1.54, 1.807) is 6.07 Å². The first-order valence-electron chi connectivity index (χ1n) is 6.77.